The van der Waals surface area contributed by atoms with Gasteiger partial charge in [0.05, 0.1) is 7.11 Å². The van der Waals surface area contributed by atoms with Crippen molar-refractivity contribution in [2.75, 3.05) is 19.1 Å². The first-order valence-corrected chi connectivity index (χ1v) is 6.49. The third kappa shape index (κ3) is 3.51. The van der Waals surface area contributed by atoms with Gasteiger partial charge in [0.25, 0.3) is 0 Å². The standard InChI is InChI=1S/C16H18FN3O/c1-20(13-5-7-14(21-2)8-6-13)10-11-3-4-12(17)9-15(11)16(18)19/h3-9H,10H2,1-2H3,(H3,18,19). The molecule has 0 saturated carbocycles. The lowest BCUT2D eigenvalue weighted by atomic mass is 10.1. The van der Waals surface area contributed by atoms with Crippen LogP contribution < -0.4 is 15.4 Å². The minimum atomic E-state index is -0.393. The van der Waals surface area contributed by atoms with Crippen molar-refractivity contribution in [3.63, 3.8) is 0 Å². The highest BCUT2D eigenvalue weighted by molar-refractivity contribution is 5.96. The summed E-state index contributed by atoms with van der Waals surface area (Å²) in [5.41, 5.74) is 7.75. The van der Waals surface area contributed by atoms with Gasteiger partial charge >= 0.3 is 0 Å². The third-order valence-electron chi connectivity index (χ3n) is 3.28. The summed E-state index contributed by atoms with van der Waals surface area (Å²) < 4.78 is 18.4. The molecule has 0 heterocycles. The summed E-state index contributed by atoms with van der Waals surface area (Å²) in [6.45, 7) is 0.529. The quantitative estimate of drug-likeness (QED) is 0.656. The molecule has 0 atom stereocenters. The molecule has 0 amide bonds. The Kier molecular flexibility index (Phi) is 4.42. The zero-order valence-corrected chi connectivity index (χ0v) is 12.1. The van der Waals surface area contributed by atoms with Crippen LogP contribution in [0.15, 0.2) is 42.5 Å². The van der Waals surface area contributed by atoms with Gasteiger partial charge in [0.1, 0.15) is 17.4 Å². The van der Waals surface area contributed by atoms with Crippen molar-refractivity contribution < 1.29 is 9.13 Å². The molecule has 21 heavy (non-hydrogen) atoms. The number of hydrogen-bond donors (Lipinski definition) is 2. The average Bonchev–Trinajstić information content (AvgIpc) is 2.49. The van der Waals surface area contributed by atoms with E-state index in [2.05, 4.69) is 0 Å². The molecule has 5 heteroatoms. The van der Waals surface area contributed by atoms with Crippen LogP contribution >= 0.6 is 0 Å². The lowest BCUT2D eigenvalue weighted by molar-refractivity contribution is 0.415. The van der Waals surface area contributed by atoms with E-state index < -0.39 is 5.82 Å². The minimum absolute atomic E-state index is 0.132. The number of rotatable bonds is 5. The van der Waals surface area contributed by atoms with Crippen molar-refractivity contribution >= 4 is 11.5 Å². The molecule has 110 valence electrons. The van der Waals surface area contributed by atoms with E-state index in [9.17, 15) is 4.39 Å². The molecular formula is C16H18FN3O. The number of anilines is 1. The minimum Gasteiger partial charge on any atom is -0.497 e. The summed E-state index contributed by atoms with van der Waals surface area (Å²) in [6.07, 6.45) is 0. The molecule has 0 aliphatic rings. The number of benzene rings is 2. The van der Waals surface area contributed by atoms with Gasteiger partial charge in [-0.2, -0.15) is 0 Å². The smallest absolute Gasteiger partial charge is 0.123 e. The Labute approximate surface area is 123 Å². The Bertz CT molecular complexity index is 640. The van der Waals surface area contributed by atoms with Gasteiger partial charge in [-0.25, -0.2) is 4.39 Å². The number of nitrogen functional groups attached to an aromatic ring is 1. The van der Waals surface area contributed by atoms with Gasteiger partial charge in [0, 0.05) is 24.8 Å². The maximum Gasteiger partial charge on any atom is 0.123 e. The maximum atomic E-state index is 13.3. The molecule has 4 nitrogen and oxygen atoms in total. The molecule has 2 rings (SSSR count). The number of methoxy groups -OCH3 is 1. The zero-order valence-electron chi connectivity index (χ0n) is 12.1. The molecule has 0 aliphatic heterocycles. The second-order valence-corrected chi connectivity index (χ2v) is 4.77. The zero-order chi connectivity index (χ0) is 15.4. The molecule has 0 aromatic heterocycles. The summed E-state index contributed by atoms with van der Waals surface area (Å²) in [7, 11) is 3.55. The average molecular weight is 287 g/mol. The Morgan fingerprint density at radius 3 is 2.48 bits per heavy atom. The van der Waals surface area contributed by atoms with Gasteiger partial charge in [0.15, 0.2) is 0 Å². The van der Waals surface area contributed by atoms with Crippen LogP contribution in [0.25, 0.3) is 0 Å². The van der Waals surface area contributed by atoms with Crippen LogP contribution in [-0.2, 0) is 6.54 Å². The summed E-state index contributed by atoms with van der Waals surface area (Å²) in [5, 5.41) is 7.55. The van der Waals surface area contributed by atoms with Crippen LogP contribution in [0.1, 0.15) is 11.1 Å². The first kappa shape index (κ1) is 14.8. The van der Waals surface area contributed by atoms with Crippen molar-refractivity contribution in [2.24, 2.45) is 5.73 Å². The molecule has 0 fully saturated rings. The molecular weight excluding hydrogens is 269 g/mol. The van der Waals surface area contributed by atoms with E-state index in [4.69, 9.17) is 15.9 Å². The lowest BCUT2D eigenvalue weighted by Gasteiger charge is -2.21. The van der Waals surface area contributed by atoms with E-state index in [1.54, 1.807) is 13.2 Å². The van der Waals surface area contributed by atoms with E-state index in [0.717, 1.165) is 17.0 Å². The summed E-state index contributed by atoms with van der Waals surface area (Å²) in [6, 6.07) is 12.0. The van der Waals surface area contributed by atoms with Crippen LogP contribution in [0.2, 0.25) is 0 Å². The van der Waals surface area contributed by atoms with Crippen LogP contribution in [0.3, 0.4) is 0 Å². The molecule has 3 N–H and O–H groups in total. The highest BCUT2D eigenvalue weighted by atomic mass is 19.1. The monoisotopic (exact) mass is 287 g/mol. The van der Waals surface area contributed by atoms with Gasteiger partial charge in [-0.1, -0.05) is 6.07 Å². The number of ether oxygens (including phenoxy) is 1. The SMILES string of the molecule is COc1ccc(N(C)Cc2ccc(F)cc2C(=N)N)cc1. The fourth-order valence-electron chi connectivity index (χ4n) is 2.12. The maximum absolute atomic E-state index is 13.3. The molecule has 2 aromatic rings. The molecule has 0 radical (unpaired) electrons. The number of amidine groups is 1. The van der Waals surface area contributed by atoms with Crippen LogP contribution in [0.4, 0.5) is 10.1 Å². The fourth-order valence-corrected chi connectivity index (χ4v) is 2.12. The first-order chi connectivity index (χ1) is 10.0. The Morgan fingerprint density at radius 2 is 1.90 bits per heavy atom. The largest absolute Gasteiger partial charge is 0.497 e. The number of nitrogens with zero attached hydrogens (tertiary/aromatic N) is 1. The van der Waals surface area contributed by atoms with Crippen molar-refractivity contribution in [2.45, 2.75) is 6.54 Å². The number of nitrogens with two attached hydrogens (primary N) is 1. The van der Waals surface area contributed by atoms with Gasteiger partial charge in [0.2, 0.25) is 0 Å². The van der Waals surface area contributed by atoms with Gasteiger partial charge in [-0.15, -0.1) is 0 Å². The second kappa shape index (κ2) is 6.26. The van der Waals surface area contributed by atoms with Crippen LogP contribution in [0, 0.1) is 11.2 Å². The van der Waals surface area contributed by atoms with E-state index >= 15 is 0 Å². The third-order valence-corrected chi connectivity index (χ3v) is 3.28. The Hall–Kier alpha value is -2.56. The topological polar surface area (TPSA) is 62.3 Å². The summed E-state index contributed by atoms with van der Waals surface area (Å²) in [5.74, 6) is 0.266. The van der Waals surface area contributed by atoms with Gasteiger partial charge in [-0.05, 0) is 42.0 Å². The normalized spacial score (nSPS) is 10.2. The van der Waals surface area contributed by atoms with Crippen molar-refractivity contribution in [3.05, 3.63) is 59.4 Å². The number of hydrogen-bond acceptors (Lipinski definition) is 3. The lowest BCUT2D eigenvalue weighted by Crippen LogP contribution is -2.21. The second-order valence-electron chi connectivity index (χ2n) is 4.77. The predicted molar refractivity (Wildman–Crippen MR) is 82.5 cm³/mol. The van der Waals surface area contributed by atoms with E-state index in [1.807, 2.05) is 36.2 Å². The fraction of sp³-hybridized carbons (Fsp3) is 0.188. The van der Waals surface area contributed by atoms with Crippen molar-refractivity contribution in [1.29, 1.82) is 5.41 Å². The van der Waals surface area contributed by atoms with Gasteiger partial charge in [-0.3, -0.25) is 5.41 Å². The summed E-state index contributed by atoms with van der Waals surface area (Å²) in [4.78, 5) is 2.00. The molecule has 0 saturated heterocycles. The van der Waals surface area contributed by atoms with Crippen LogP contribution in [-0.4, -0.2) is 20.0 Å². The first-order valence-electron chi connectivity index (χ1n) is 6.49. The number of nitrogens with one attached hydrogen (secondary N) is 1. The van der Waals surface area contributed by atoms with Crippen molar-refractivity contribution in [1.82, 2.24) is 0 Å². The van der Waals surface area contributed by atoms with E-state index in [1.165, 1.54) is 12.1 Å². The van der Waals surface area contributed by atoms with Gasteiger partial charge < -0.3 is 15.4 Å². The molecule has 0 spiro atoms. The number of halogens is 1. The van der Waals surface area contributed by atoms with Crippen molar-refractivity contribution in [3.8, 4) is 5.75 Å². The molecule has 2 aromatic carbocycles. The highest BCUT2D eigenvalue weighted by Crippen LogP contribution is 2.21. The van der Waals surface area contributed by atoms with E-state index in [0.29, 0.717) is 12.1 Å². The van der Waals surface area contributed by atoms with E-state index in [-0.39, 0.29) is 5.84 Å². The molecule has 0 unspecified atom stereocenters. The van der Waals surface area contributed by atoms with Crippen LogP contribution in [0.5, 0.6) is 5.75 Å². The Balaban J connectivity index is 2.22. The molecule has 0 aliphatic carbocycles. The molecule has 0 bridgehead atoms. The Morgan fingerprint density at radius 1 is 1.24 bits per heavy atom. The predicted octanol–water partition coefficient (Wildman–Crippen LogP) is 2.75. The summed E-state index contributed by atoms with van der Waals surface area (Å²) >= 11 is 0. The highest BCUT2D eigenvalue weighted by Gasteiger charge is 2.10.